The minimum Gasteiger partial charge on any atom is -0.339 e. The summed E-state index contributed by atoms with van der Waals surface area (Å²) < 4.78 is 0. The first-order valence-corrected chi connectivity index (χ1v) is 11.9. The lowest BCUT2D eigenvalue weighted by molar-refractivity contribution is -0.384. The van der Waals surface area contributed by atoms with E-state index in [4.69, 9.17) is 11.6 Å². The molecular weight excluding hydrogens is 476 g/mol. The number of amides is 2. The standard InChI is InChI=1S/C24H21ClN4O4S/c25-19-10-9-18(14-20(19)29(32)33)27-23(30)22(16-6-2-1-3-7-16)34-21-11-8-17(15-26-21)24(31)28-12-4-5-13-28/h1-3,6-11,14-15,22H,4-5,12-13H2,(H,27,30). The Bertz CT molecular complexity index is 1200. The first kappa shape index (κ1) is 23.7. The Labute approximate surface area is 205 Å². The van der Waals surface area contributed by atoms with Crippen molar-refractivity contribution in [2.45, 2.75) is 23.1 Å². The number of aromatic nitrogens is 1. The Morgan fingerprint density at radius 2 is 1.82 bits per heavy atom. The summed E-state index contributed by atoms with van der Waals surface area (Å²) in [6.07, 6.45) is 3.56. The highest BCUT2D eigenvalue weighted by atomic mass is 35.5. The Kier molecular flexibility index (Phi) is 7.44. The van der Waals surface area contributed by atoms with Gasteiger partial charge in [-0.1, -0.05) is 53.7 Å². The highest BCUT2D eigenvalue weighted by molar-refractivity contribution is 8.00. The second-order valence-electron chi connectivity index (χ2n) is 7.71. The van der Waals surface area contributed by atoms with Crippen LogP contribution in [-0.4, -0.2) is 39.7 Å². The van der Waals surface area contributed by atoms with Crippen molar-refractivity contribution in [1.82, 2.24) is 9.88 Å². The third kappa shape index (κ3) is 5.55. The van der Waals surface area contributed by atoms with Gasteiger partial charge in [0.05, 0.1) is 15.5 Å². The Morgan fingerprint density at radius 3 is 2.47 bits per heavy atom. The number of likely N-dealkylation sites (tertiary alicyclic amines) is 1. The van der Waals surface area contributed by atoms with Crippen LogP contribution in [0.3, 0.4) is 0 Å². The lowest BCUT2D eigenvalue weighted by Gasteiger charge is -2.17. The summed E-state index contributed by atoms with van der Waals surface area (Å²) in [5.41, 5.74) is 1.23. The van der Waals surface area contributed by atoms with Crippen LogP contribution in [0, 0.1) is 10.1 Å². The molecule has 1 fully saturated rings. The monoisotopic (exact) mass is 496 g/mol. The Balaban J connectivity index is 1.54. The van der Waals surface area contributed by atoms with Crippen LogP contribution in [0.25, 0.3) is 0 Å². The van der Waals surface area contributed by atoms with Crippen molar-refractivity contribution in [1.29, 1.82) is 0 Å². The average Bonchev–Trinajstić information content (AvgIpc) is 3.39. The molecule has 1 aliphatic rings. The van der Waals surface area contributed by atoms with Crippen molar-refractivity contribution < 1.29 is 14.5 Å². The average molecular weight is 497 g/mol. The predicted octanol–water partition coefficient (Wildman–Crippen LogP) is 5.35. The van der Waals surface area contributed by atoms with E-state index in [0.29, 0.717) is 10.6 Å². The van der Waals surface area contributed by atoms with Gasteiger partial charge in [0.2, 0.25) is 5.91 Å². The zero-order valence-electron chi connectivity index (χ0n) is 18.0. The lowest BCUT2D eigenvalue weighted by Crippen LogP contribution is -2.27. The molecule has 0 saturated carbocycles. The van der Waals surface area contributed by atoms with Gasteiger partial charge < -0.3 is 10.2 Å². The number of anilines is 1. The van der Waals surface area contributed by atoms with Gasteiger partial charge in [-0.2, -0.15) is 0 Å². The van der Waals surface area contributed by atoms with E-state index in [0.717, 1.165) is 31.5 Å². The number of carbonyl (C=O) groups is 2. The molecule has 1 atom stereocenters. The second kappa shape index (κ2) is 10.7. The molecule has 0 bridgehead atoms. The minimum atomic E-state index is -0.677. The molecule has 1 aromatic heterocycles. The fourth-order valence-electron chi connectivity index (χ4n) is 3.64. The summed E-state index contributed by atoms with van der Waals surface area (Å²) in [6, 6.07) is 16.7. The van der Waals surface area contributed by atoms with E-state index < -0.39 is 10.2 Å². The third-order valence-electron chi connectivity index (χ3n) is 5.37. The van der Waals surface area contributed by atoms with Gasteiger partial charge in [-0.05, 0) is 42.7 Å². The van der Waals surface area contributed by atoms with Gasteiger partial charge in [-0.25, -0.2) is 4.98 Å². The SMILES string of the molecule is O=C(Nc1ccc(Cl)c([N+](=O)[O-])c1)C(Sc1ccc(C(=O)N2CCCC2)cn1)c1ccccc1. The van der Waals surface area contributed by atoms with Crippen LogP contribution in [0.5, 0.6) is 0 Å². The zero-order valence-corrected chi connectivity index (χ0v) is 19.6. The van der Waals surface area contributed by atoms with Crippen LogP contribution in [0.4, 0.5) is 11.4 Å². The zero-order chi connectivity index (χ0) is 24.1. The molecule has 0 aliphatic carbocycles. The number of nitrogens with one attached hydrogen (secondary N) is 1. The van der Waals surface area contributed by atoms with Crippen LogP contribution in [-0.2, 0) is 4.79 Å². The van der Waals surface area contributed by atoms with Gasteiger partial charge in [0, 0.05) is 31.0 Å². The largest absolute Gasteiger partial charge is 0.339 e. The number of carbonyl (C=O) groups excluding carboxylic acids is 2. The van der Waals surface area contributed by atoms with E-state index in [2.05, 4.69) is 10.3 Å². The number of nitro groups is 1. The van der Waals surface area contributed by atoms with Gasteiger partial charge >= 0.3 is 0 Å². The number of halogens is 1. The number of hydrogen-bond acceptors (Lipinski definition) is 6. The van der Waals surface area contributed by atoms with E-state index in [9.17, 15) is 19.7 Å². The predicted molar refractivity (Wildman–Crippen MR) is 131 cm³/mol. The summed E-state index contributed by atoms with van der Waals surface area (Å²) in [7, 11) is 0. The minimum absolute atomic E-state index is 0.00949. The molecule has 0 radical (unpaired) electrons. The Morgan fingerprint density at radius 1 is 1.09 bits per heavy atom. The number of nitro benzene ring substituents is 1. The van der Waals surface area contributed by atoms with Gasteiger partial charge in [0.15, 0.2) is 0 Å². The molecule has 34 heavy (non-hydrogen) atoms. The van der Waals surface area contributed by atoms with Crippen LogP contribution in [0.2, 0.25) is 5.02 Å². The topological polar surface area (TPSA) is 105 Å². The number of thioether (sulfide) groups is 1. The van der Waals surface area contributed by atoms with Crippen molar-refractivity contribution in [3.8, 4) is 0 Å². The molecule has 2 amide bonds. The maximum Gasteiger partial charge on any atom is 0.289 e. The summed E-state index contributed by atoms with van der Waals surface area (Å²) in [5.74, 6) is -0.407. The van der Waals surface area contributed by atoms with Gasteiger partial charge in [0.1, 0.15) is 10.3 Å². The van der Waals surface area contributed by atoms with E-state index in [1.807, 2.05) is 35.2 Å². The molecule has 1 unspecified atom stereocenters. The van der Waals surface area contributed by atoms with Crippen molar-refractivity contribution in [3.05, 3.63) is 93.1 Å². The van der Waals surface area contributed by atoms with Gasteiger partial charge in [-0.3, -0.25) is 19.7 Å². The van der Waals surface area contributed by atoms with E-state index in [1.165, 1.54) is 36.2 Å². The quantitative estimate of drug-likeness (QED) is 0.268. The smallest absolute Gasteiger partial charge is 0.289 e. The molecule has 1 saturated heterocycles. The summed E-state index contributed by atoms with van der Waals surface area (Å²) >= 11 is 7.10. The highest BCUT2D eigenvalue weighted by Crippen LogP contribution is 2.36. The number of benzene rings is 2. The van der Waals surface area contributed by atoms with Crippen molar-refractivity contribution in [3.63, 3.8) is 0 Å². The van der Waals surface area contributed by atoms with Crippen LogP contribution in [0.15, 0.2) is 71.9 Å². The summed E-state index contributed by atoms with van der Waals surface area (Å²) in [5, 5.41) is 13.8. The van der Waals surface area contributed by atoms with E-state index >= 15 is 0 Å². The van der Waals surface area contributed by atoms with Crippen molar-refractivity contribution in [2.24, 2.45) is 0 Å². The fraction of sp³-hybridized carbons (Fsp3) is 0.208. The molecule has 8 nitrogen and oxygen atoms in total. The summed E-state index contributed by atoms with van der Waals surface area (Å²) in [6.45, 7) is 1.52. The van der Waals surface area contributed by atoms with Crippen molar-refractivity contribution >= 4 is 46.6 Å². The lowest BCUT2D eigenvalue weighted by atomic mass is 10.1. The van der Waals surface area contributed by atoms with Crippen LogP contribution >= 0.6 is 23.4 Å². The molecule has 174 valence electrons. The number of nitrogens with zero attached hydrogens (tertiary/aromatic N) is 3. The Hall–Kier alpha value is -3.43. The van der Waals surface area contributed by atoms with Gasteiger partial charge in [0.25, 0.3) is 11.6 Å². The van der Waals surface area contributed by atoms with Crippen LogP contribution in [0.1, 0.15) is 34.0 Å². The normalized spacial score (nSPS) is 14.0. The molecular formula is C24H21ClN4O4S. The summed E-state index contributed by atoms with van der Waals surface area (Å²) in [4.78, 5) is 42.6. The van der Waals surface area contributed by atoms with Crippen LogP contribution < -0.4 is 5.32 Å². The highest BCUT2D eigenvalue weighted by Gasteiger charge is 2.25. The third-order valence-corrected chi connectivity index (χ3v) is 6.89. The second-order valence-corrected chi connectivity index (χ2v) is 9.24. The number of hydrogen-bond donors (Lipinski definition) is 1. The van der Waals surface area contributed by atoms with E-state index in [-0.39, 0.29) is 28.2 Å². The maximum absolute atomic E-state index is 13.2. The molecule has 1 N–H and O–H groups in total. The van der Waals surface area contributed by atoms with E-state index in [1.54, 1.807) is 12.1 Å². The molecule has 3 aromatic rings. The first-order valence-electron chi connectivity index (χ1n) is 10.6. The fourth-order valence-corrected chi connectivity index (χ4v) is 4.79. The van der Waals surface area contributed by atoms with Gasteiger partial charge in [-0.15, -0.1) is 0 Å². The molecule has 2 aromatic carbocycles. The molecule has 2 heterocycles. The molecule has 0 spiro atoms. The molecule has 1 aliphatic heterocycles. The maximum atomic E-state index is 13.2. The first-order chi connectivity index (χ1) is 16.4. The molecule has 4 rings (SSSR count). The molecule has 10 heteroatoms. The van der Waals surface area contributed by atoms with Crippen molar-refractivity contribution in [2.75, 3.05) is 18.4 Å². The number of rotatable bonds is 7. The number of pyridine rings is 1.